The topological polar surface area (TPSA) is 34.6 Å². The predicted molar refractivity (Wildman–Crippen MR) is 84.5 cm³/mol. The highest BCUT2D eigenvalue weighted by Gasteiger charge is 2.36. The van der Waals surface area contributed by atoms with Crippen molar-refractivity contribution in [1.82, 2.24) is 9.88 Å². The fourth-order valence-electron chi connectivity index (χ4n) is 2.96. The van der Waals surface area contributed by atoms with Crippen molar-refractivity contribution in [2.45, 2.75) is 44.8 Å². The first kappa shape index (κ1) is 16.4. The highest BCUT2D eigenvalue weighted by Crippen LogP contribution is 2.37. The molecule has 0 aliphatic carbocycles. The van der Waals surface area contributed by atoms with E-state index in [1.807, 2.05) is 0 Å². The Kier molecular flexibility index (Phi) is 5.36. The number of rotatable bonds is 5. The first-order valence-electron chi connectivity index (χ1n) is 7.76. The number of hydrogen-bond acceptors (Lipinski definition) is 4. The van der Waals surface area contributed by atoms with Crippen LogP contribution in [0.2, 0.25) is 0 Å². The standard InChI is InChI=1S/C17H28N2O2/c1-13(2)15-7-6-14(16(18-15)12-19(3)4)17(20-5)8-10-21-11-9-17/h6-7,13H,8-12H2,1-5H3. The maximum Gasteiger partial charge on any atom is 0.0989 e. The van der Waals surface area contributed by atoms with Gasteiger partial charge in [0.15, 0.2) is 0 Å². The van der Waals surface area contributed by atoms with E-state index in [-0.39, 0.29) is 5.60 Å². The second-order valence-electron chi connectivity index (χ2n) is 6.43. The van der Waals surface area contributed by atoms with Crippen LogP contribution in [0.1, 0.15) is 49.6 Å². The zero-order valence-electron chi connectivity index (χ0n) is 14.0. The fourth-order valence-corrected chi connectivity index (χ4v) is 2.96. The quantitative estimate of drug-likeness (QED) is 0.836. The Morgan fingerprint density at radius 1 is 1.29 bits per heavy atom. The molecule has 0 N–H and O–H groups in total. The van der Waals surface area contributed by atoms with Crippen LogP contribution in [0.5, 0.6) is 0 Å². The maximum absolute atomic E-state index is 5.95. The van der Waals surface area contributed by atoms with E-state index in [0.717, 1.165) is 44.0 Å². The van der Waals surface area contributed by atoms with Crippen LogP contribution in [-0.2, 0) is 21.6 Å². The SMILES string of the molecule is COC1(c2ccc(C(C)C)nc2CN(C)C)CCOCC1. The van der Waals surface area contributed by atoms with Gasteiger partial charge in [-0.15, -0.1) is 0 Å². The summed E-state index contributed by atoms with van der Waals surface area (Å²) < 4.78 is 11.5. The molecule has 0 unspecified atom stereocenters. The fraction of sp³-hybridized carbons (Fsp3) is 0.706. The van der Waals surface area contributed by atoms with Gasteiger partial charge in [-0.1, -0.05) is 19.9 Å². The summed E-state index contributed by atoms with van der Waals surface area (Å²) in [4.78, 5) is 7.08. The average Bonchev–Trinajstić information content (AvgIpc) is 2.47. The van der Waals surface area contributed by atoms with E-state index in [4.69, 9.17) is 14.5 Å². The van der Waals surface area contributed by atoms with Crippen molar-refractivity contribution in [2.75, 3.05) is 34.4 Å². The summed E-state index contributed by atoms with van der Waals surface area (Å²) in [7, 11) is 5.97. The second-order valence-corrected chi connectivity index (χ2v) is 6.43. The lowest BCUT2D eigenvalue weighted by molar-refractivity contribution is -0.0956. The average molecular weight is 292 g/mol. The largest absolute Gasteiger partial charge is 0.381 e. The summed E-state index contributed by atoms with van der Waals surface area (Å²) in [6.07, 6.45) is 1.79. The van der Waals surface area contributed by atoms with Gasteiger partial charge in [0, 0.05) is 51.0 Å². The predicted octanol–water partition coefficient (Wildman–Crippen LogP) is 2.92. The van der Waals surface area contributed by atoms with Crippen LogP contribution in [-0.4, -0.2) is 44.3 Å². The molecule has 0 spiro atoms. The minimum atomic E-state index is -0.244. The molecule has 4 nitrogen and oxygen atoms in total. The Hall–Kier alpha value is -0.970. The van der Waals surface area contributed by atoms with Gasteiger partial charge < -0.3 is 14.4 Å². The molecule has 118 valence electrons. The van der Waals surface area contributed by atoms with Crippen molar-refractivity contribution in [2.24, 2.45) is 0 Å². The lowest BCUT2D eigenvalue weighted by atomic mass is 9.84. The van der Waals surface area contributed by atoms with Crippen molar-refractivity contribution in [3.8, 4) is 0 Å². The third-order valence-corrected chi connectivity index (χ3v) is 4.24. The molecule has 0 amide bonds. The van der Waals surface area contributed by atoms with Crippen molar-refractivity contribution in [1.29, 1.82) is 0 Å². The summed E-state index contributed by atoms with van der Waals surface area (Å²) in [6, 6.07) is 4.37. The zero-order valence-corrected chi connectivity index (χ0v) is 14.0. The minimum absolute atomic E-state index is 0.244. The van der Waals surface area contributed by atoms with Crippen LogP contribution < -0.4 is 0 Å². The third kappa shape index (κ3) is 3.62. The van der Waals surface area contributed by atoms with Gasteiger partial charge in [0.05, 0.1) is 11.3 Å². The number of nitrogens with zero attached hydrogens (tertiary/aromatic N) is 2. The van der Waals surface area contributed by atoms with Gasteiger partial charge in [-0.2, -0.15) is 0 Å². The zero-order chi connectivity index (χ0) is 15.5. The Balaban J connectivity index is 2.44. The van der Waals surface area contributed by atoms with E-state index >= 15 is 0 Å². The van der Waals surface area contributed by atoms with Crippen molar-refractivity contribution < 1.29 is 9.47 Å². The van der Waals surface area contributed by atoms with Gasteiger partial charge >= 0.3 is 0 Å². The van der Waals surface area contributed by atoms with Crippen LogP contribution in [0.25, 0.3) is 0 Å². The van der Waals surface area contributed by atoms with Crippen molar-refractivity contribution in [3.05, 3.63) is 29.1 Å². The van der Waals surface area contributed by atoms with E-state index in [1.54, 1.807) is 7.11 Å². The smallest absolute Gasteiger partial charge is 0.0989 e. The molecule has 21 heavy (non-hydrogen) atoms. The summed E-state index contributed by atoms with van der Waals surface area (Å²) in [5, 5.41) is 0. The molecule has 1 aromatic heterocycles. The molecule has 0 aromatic carbocycles. The van der Waals surface area contributed by atoms with Crippen LogP contribution in [0.15, 0.2) is 12.1 Å². The van der Waals surface area contributed by atoms with Crippen molar-refractivity contribution in [3.63, 3.8) is 0 Å². The van der Waals surface area contributed by atoms with Gasteiger partial charge in [0.2, 0.25) is 0 Å². The van der Waals surface area contributed by atoms with E-state index in [9.17, 15) is 0 Å². The van der Waals surface area contributed by atoms with E-state index in [2.05, 4.69) is 45.0 Å². The Morgan fingerprint density at radius 2 is 1.95 bits per heavy atom. The monoisotopic (exact) mass is 292 g/mol. The number of methoxy groups -OCH3 is 1. The first-order valence-corrected chi connectivity index (χ1v) is 7.76. The van der Waals surface area contributed by atoms with Crippen LogP contribution in [0.4, 0.5) is 0 Å². The lowest BCUT2D eigenvalue weighted by Gasteiger charge is -2.37. The Bertz CT molecular complexity index is 466. The Morgan fingerprint density at radius 3 is 2.48 bits per heavy atom. The molecule has 1 aliphatic heterocycles. The summed E-state index contributed by atoms with van der Waals surface area (Å²) in [5.74, 6) is 0.438. The number of pyridine rings is 1. The van der Waals surface area contributed by atoms with Gasteiger partial charge in [0.25, 0.3) is 0 Å². The summed E-state index contributed by atoms with van der Waals surface area (Å²) >= 11 is 0. The molecule has 0 radical (unpaired) electrons. The molecule has 0 bridgehead atoms. The van der Waals surface area contributed by atoms with Crippen LogP contribution >= 0.6 is 0 Å². The number of ether oxygens (including phenoxy) is 2. The Labute approximate surface area is 128 Å². The molecule has 1 fully saturated rings. The van der Waals surface area contributed by atoms with Crippen LogP contribution in [0.3, 0.4) is 0 Å². The minimum Gasteiger partial charge on any atom is -0.381 e. The molecule has 1 aromatic rings. The van der Waals surface area contributed by atoms with E-state index in [1.165, 1.54) is 5.56 Å². The molecule has 2 heterocycles. The van der Waals surface area contributed by atoms with Gasteiger partial charge in [-0.25, -0.2) is 0 Å². The number of hydrogen-bond donors (Lipinski definition) is 0. The lowest BCUT2D eigenvalue weighted by Crippen LogP contribution is -2.37. The van der Waals surface area contributed by atoms with Gasteiger partial charge in [-0.05, 0) is 26.1 Å². The molecule has 0 atom stereocenters. The molecule has 1 aliphatic rings. The number of aromatic nitrogens is 1. The molecule has 2 rings (SSSR count). The highest BCUT2D eigenvalue weighted by atomic mass is 16.5. The van der Waals surface area contributed by atoms with Gasteiger partial charge in [0.1, 0.15) is 0 Å². The van der Waals surface area contributed by atoms with E-state index in [0.29, 0.717) is 5.92 Å². The van der Waals surface area contributed by atoms with Crippen LogP contribution in [0, 0.1) is 0 Å². The highest BCUT2D eigenvalue weighted by molar-refractivity contribution is 5.31. The normalized spacial score (nSPS) is 18.4. The molecular formula is C17H28N2O2. The first-order chi connectivity index (χ1) is 9.98. The van der Waals surface area contributed by atoms with Crippen molar-refractivity contribution >= 4 is 0 Å². The summed E-state index contributed by atoms with van der Waals surface area (Å²) in [6.45, 7) is 6.70. The second kappa shape index (κ2) is 6.86. The maximum atomic E-state index is 5.95. The van der Waals surface area contributed by atoms with Gasteiger partial charge in [-0.3, -0.25) is 4.98 Å². The molecule has 4 heteroatoms. The molecule has 1 saturated heterocycles. The summed E-state index contributed by atoms with van der Waals surface area (Å²) in [5.41, 5.74) is 3.27. The van der Waals surface area contributed by atoms with E-state index < -0.39 is 0 Å². The molecule has 0 saturated carbocycles. The molecular weight excluding hydrogens is 264 g/mol. The third-order valence-electron chi connectivity index (χ3n) is 4.24.